The fraction of sp³-hybridized carbons (Fsp3) is 0.267. The first-order valence-corrected chi connectivity index (χ1v) is 12.6. The maximum atomic E-state index is 13.3. The number of nitrogens with zero attached hydrogens (tertiary/aromatic N) is 3. The molecule has 1 aliphatic rings. The Bertz CT molecular complexity index is 1380. The number of aromatic nitrogens is 3. The molecule has 7 heteroatoms. The van der Waals surface area contributed by atoms with Crippen molar-refractivity contribution in [2.75, 3.05) is 12.4 Å². The molecule has 0 bridgehead atoms. The first kappa shape index (κ1) is 24.4. The van der Waals surface area contributed by atoms with Gasteiger partial charge in [-0.1, -0.05) is 31.4 Å². The van der Waals surface area contributed by atoms with Crippen LogP contribution in [0, 0.1) is 6.92 Å². The quantitative estimate of drug-likeness (QED) is 0.299. The second-order valence-electron chi connectivity index (χ2n) is 9.28. The van der Waals surface area contributed by atoms with E-state index in [1.54, 1.807) is 37.7 Å². The molecule has 0 saturated heterocycles. The lowest BCUT2D eigenvalue weighted by Crippen LogP contribution is -2.14. The van der Waals surface area contributed by atoms with Crippen molar-refractivity contribution in [2.24, 2.45) is 0 Å². The minimum atomic E-state index is -0.235. The van der Waals surface area contributed by atoms with Gasteiger partial charge in [0.15, 0.2) is 0 Å². The van der Waals surface area contributed by atoms with Gasteiger partial charge in [-0.15, -0.1) is 0 Å². The van der Waals surface area contributed by atoms with Gasteiger partial charge in [-0.2, -0.15) is 0 Å². The molecule has 5 rings (SSSR count). The van der Waals surface area contributed by atoms with E-state index < -0.39 is 0 Å². The minimum absolute atomic E-state index is 0.235. The van der Waals surface area contributed by atoms with Crippen LogP contribution in [0.25, 0.3) is 11.3 Å². The number of benzene rings is 2. The number of hydrogen-bond donors (Lipinski definition) is 1. The Morgan fingerprint density at radius 1 is 0.946 bits per heavy atom. The van der Waals surface area contributed by atoms with Crippen molar-refractivity contribution < 1.29 is 14.3 Å². The molecule has 7 nitrogen and oxygen atoms in total. The van der Waals surface area contributed by atoms with Crippen molar-refractivity contribution in [3.05, 3.63) is 90.0 Å². The average Bonchev–Trinajstić information content (AvgIpc) is 2.95. The van der Waals surface area contributed by atoms with Gasteiger partial charge < -0.3 is 14.8 Å². The zero-order valence-electron chi connectivity index (χ0n) is 21.1. The molecule has 37 heavy (non-hydrogen) atoms. The van der Waals surface area contributed by atoms with Crippen LogP contribution in [0.2, 0.25) is 0 Å². The van der Waals surface area contributed by atoms with Gasteiger partial charge in [-0.05, 0) is 79.3 Å². The second kappa shape index (κ2) is 11.2. The number of nitrogens with one attached hydrogen (secondary N) is 1. The normalized spacial score (nSPS) is 13.7. The molecule has 2 aromatic carbocycles. The summed E-state index contributed by atoms with van der Waals surface area (Å²) in [4.78, 5) is 26.0. The van der Waals surface area contributed by atoms with Crippen LogP contribution in [-0.2, 0) is 0 Å². The van der Waals surface area contributed by atoms with Crippen LogP contribution < -0.4 is 14.8 Å². The number of hydrogen-bond acceptors (Lipinski definition) is 6. The molecule has 0 radical (unpaired) electrons. The van der Waals surface area contributed by atoms with E-state index in [-0.39, 0.29) is 5.91 Å². The fourth-order valence-corrected chi connectivity index (χ4v) is 4.78. The van der Waals surface area contributed by atoms with E-state index in [4.69, 9.17) is 9.47 Å². The van der Waals surface area contributed by atoms with Crippen LogP contribution in [0.4, 0.5) is 5.69 Å². The molecule has 1 aliphatic carbocycles. The van der Waals surface area contributed by atoms with E-state index >= 15 is 0 Å². The van der Waals surface area contributed by atoms with Crippen molar-refractivity contribution in [1.29, 1.82) is 0 Å². The number of aryl methyl sites for hydroxylation is 1. The van der Waals surface area contributed by atoms with Crippen LogP contribution >= 0.6 is 0 Å². The second-order valence-corrected chi connectivity index (χ2v) is 9.28. The Morgan fingerprint density at radius 3 is 2.59 bits per heavy atom. The Labute approximate surface area is 216 Å². The molecule has 1 fully saturated rings. The monoisotopic (exact) mass is 494 g/mol. The number of methoxy groups -OCH3 is 1. The summed E-state index contributed by atoms with van der Waals surface area (Å²) < 4.78 is 11.7. The van der Waals surface area contributed by atoms with Crippen LogP contribution in [0.15, 0.2) is 73.3 Å². The van der Waals surface area contributed by atoms with E-state index in [0.29, 0.717) is 40.2 Å². The van der Waals surface area contributed by atoms with E-state index in [1.165, 1.54) is 44.0 Å². The van der Waals surface area contributed by atoms with Gasteiger partial charge in [-0.25, -0.2) is 15.0 Å². The summed E-state index contributed by atoms with van der Waals surface area (Å²) in [6.45, 7) is 1.93. The molecule has 0 unspecified atom stereocenters. The lowest BCUT2D eigenvalue weighted by Gasteiger charge is -2.23. The molecule has 4 aromatic rings. The van der Waals surface area contributed by atoms with Crippen LogP contribution in [0.3, 0.4) is 0 Å². The van der Waals surface area contributed by atoms with Crippen molar-refractivity contribution >= 4 is 11.6 Å². The minimum Gasteiger partial charge on any atom is -0.495 e. The van der Waals surface area contributed by atoms with Crippen molar-refractivity contribution in [2.45, 2.75) is 44.9 Å². The molecular weight excluding hydrogens is 464 g/mol. The summed E-state index contributed by atoms with van der Waals surface area (Å²) in [5.41, 5.74) is 4.72. The fourth-order valence-electron chi connectivity index (χ4n) is 4.78. The number of anilines is 1. The molecule has 0 spiro atoms. The highest BCUT2D eigenvalue weighted by atomic mass is 16.5. The average molecular weight is 495 g/mol. The molecule has 2 heterocycles. The van der Waals surface area contributed by atoms with Gasteiger partial charge in [0.2, 0.25) is 5.88 Å². The molecule has 1 amide bonds. The van der Waals surface area contributed by atoms with E-state index in [1.807, 2.05) is 31.2 Å². The molecule has 0 aliphatic heterocycles. The highest BCUT2D eigenvalue weighted by molar-refractivity contribution is 6.05. The number of ether oxygens (including phenoxy) is 2. The summed E-state index contributed by atoms with van der Waals surface area (Å²) in [6.07, 6.45) is 11.0. The summed E-state index contributed by atoms with van der Waals surface area (Å²) in [6, 6.07) is 17.0. The summed E-state index contributed by atoms with van der Waals surface area (Å²) in [5.74, 6) is 1.88. The Hall–Kier alpha value is -4.26. The van der Waals surface area contributed by atoms with Gasteiger partial charge in [0.1, 0.15) is 17.8 Å². The summed E-state index contributed by atoms with van der Waals surface area (Å²) >= 11 is 0. The standard InChI is InChI=1S/C30H30N4O3/c1-20-10-11-23(18-28(20)37-30-24(9-6-15-32-30)25-14-16-31-19-33-25)29(35)34-26-17-22(12-13-27(26)36-2)21-7-4-3-5-8-21/h6,9-19,21H,3-5,7-8H2,1-2H3,(H,34,35). The van der Waals surface area contributed by atoms with E-state index in [0.717, 1.165) is 11.1 Å². The molecule has 1 N–H and O–H groups in total. The molecule has 2 aromatic heterocycles. The first-order valence-electron chi connectivity index (χ1n) is 12.6. The molecule has 188 valence electrons. The zero-order valence-corrected chi connectivity index (χ0v) is 21.1. The first-order chi connectivity index (χ1) is 18.1. The van der Waals surface area contributed by atoms with Gasteiger partial charge in [0, 0.05) is 18.0 Å². The summed E-state index contributed by atoms with van der Waals surface area (Å²) in [7, 11) is 1.62. The summed E-state index contributed by atoms with van der Waals surface area (Å²) in [5, 5.41) is 3.05. The Balaban J connectivity index is 1.39. The number of pyridine rings is 1. The smallest absolute Gasteiger partial charge is 0.255 e. The van der Waals surface area contributed by atoms with E-state index in [9.17, 15) is 4.79 Å². The zero-order chi connectivity index (χ0) is 25.6. The number of carbonyl (C=O) groups is 1. The van der Waals surface area contributed by atoms with E-state index in [2.05, 4.69) is 32.4 Å². The van der Waals surface area contributed by atoms with Crippen LogP contribution in [0.5, 0.6) is 17.4 Å². The lowest BCUT2D eigenvalue weighted by atomic mass is 9.84. The van der Waals surface area contributed by atoms with Gasteiger partial charge in [0.25, 0.3) is 5.91 Å². The third-order valence-electron chi connectivity index (χ3n) is 6.83. The maximum Gasteiger partial charge on any atom is 0.255 e. The lowest BCUT2D eigenvalue weighted by molar-refractivity contribution is 0.102. The highest BCUT2D eigenvalue weighted by Crippen LogP contribution is 2.37. The van der Waals surface area contributed by atoms with Crippen LogP contribution in [-0.4, -0.2) is 28.0 Å². The molecule has 0 atom stereocenters. The Kier molecular flexibility index (Phi) is 7.40. The number of rotatable bonds is 7. The predicted octanol–water partition coefficient (Wildman–Crippen LogP) is 6.95. The van der Waals surface area contributed by atoms with Crippen molar-refractivity contribution in [3.63, 3.8) is 0 Å². The largest absolute Gasteiger partial charge is 0.495 e. The predicted molar refractivity (Wildman–Crippen MR) is 143 cm³/mol. The van der Waals surface area contributed by atoms with Gasteiger partial charge in [0.05, 0.1) is 24.1 Å². The maximum absolute atomic E-state index is 13.3. The number of amides is 1. The van der Waals surface area contributed by atoms with Gasteiger partial charge in [-0.3, -0.25) is 4.79 Å². The third kappa shape index (κ3) is 5.61. The topological polar surface area (TPSA) is 86.2 Å². The van der Waals surface area contributed by atoms with Crippen molar-refractivity contribution in [3.8, 4) is 28.6 Å². The highest BCUT2D eigenvalue weighted by Gasteiger charge is 2.19. The van der Waals surface area contributed by atoms with Crippen molar-refractivity contribution in [1.82, 2.24) is 15.0 Å². The SMILES string of the molecule is COc1ccc(C2CCCCC2)cc1NC(=O)c1ccc(C)c(Oc2ncccc2-c2ccncn2)c1. The third-order valence-corrected chi connectivity index (χ3v) is 6.83. The Morgan fingerprint density at radius 2 is 1.81 bits per heavy atom. The van der Waals surface area contributed by atoms with Gasteiger partial charge >= 0.3 is 0 Å². The molecular formula is C30H30N4O3. The van der Waals surface area contributed by atoms with Crippen LogP contribution in [0.1, 0.15) is 59.5 Å². The molecule has 1 saturated carbocycles. The number of carbonyl (C=O) groups excluding carboxylic acids is 1.